The van der Waals surface area contributed by atoms with Crippen LogP contribution in [0.4, 0.5) is 5.69 Å². The number of esters is 1. The first-order valence-electron chi connectivity index (χ1n) is 12.4. The fourth-order valence-electron chi connectivity index (χ4n) is 5.00. The number of likely N-dealkylation sites (tertiary alicyclic amines) is 1. The SMILES string of the molecule is O=C(Oc1ccc([C@@H]2[C@H]3C(=O)N(Cc4ccccc4)C(=O)[C@@H]3ON2c2ccccc2)cc1)c1ccccc1. The molecule has 0 aromatic heterocycles. The first-order valence-corrected chi connectivity index (χ1v) is 12.4. The summed E-state index contributed by atoms with van der Waals surface area (Å²) in [6.45, 7) is 0.196. The topological polar surface area (TPSA) is 76.2 Å². The van der Waals surface area contributed by atoms with Crippen molar-refractivity contribution in [2.24, 2.45) is 5.92 Å². The molecule has 7 heteroatoms. The van der Waals surface area contributed by atoms with Crippen LogP contribution in [0.2, 0.25) is 0 Å². The summed E-state index contributed by atoms with van der Waals surface area (Å²) in [5, 5.41) is 1.65. The van der Waals surface area contributed by atoms with Crippen molar-refractivity contribution in [3.05, 3.63) is 132 Å². The number of benzene rings is 4. The first kappa shape index (κ1) is 23.6. The van der Waals surface area contributed by atoms with Gasteiger partial charge in [-0.1, -0.05) is 78.9 Å². The van der Waals surface area contributed by atoms with Crippen molar-refractivity contribution in [3.63, 3.8) is 0 Å². The molecule has 4 aromatic carbocycles. The van der Waals surface area contributed by atoms with Crippen molar-refractivity contribution in [1.82, 2.24) is 4.90 Å². The van der Waals surface area contributed by atoms with Gasteiger partial charge < -0.3 is 4.74 Å². The Balaban J connectivity index is 1.29. The van der Waals surface area contributed by atoms with Crippen LogP contribution in [0.25, 0.3) is 0 Å². The fourth-order valence-corrected chi connectivity index (χ4v) is 5.00. The van der Waals surface area contributed by atoms with E-state index in [0.717, 1.165) is 16.8 Å². The third-order valence-electron chi connectivity index (χ3n) is 6.84. The number of carbonyl (C=O) groups is 3. The van der Waals surface area contributed by atoms with Crippen LogP contribution >= 0.6 is 0 Å². The predicted molar refractivity (Wildman–Crippen MR) is 140 cm³/mol. The maximum Gasteiger partial charge on any atom is 0.343 e. The minimum absolute atomic E-state index is 0.196. The van der Waals surface area contributed by atoms with Crippen molar-refractivity contribution < 1.29 is 24.0 Å². The number of rotatable bonds is 6. The average molecular weight is 505 g/mol. The van der Waals surface area contributed by atoms with Gasteiger partial charge in [0.2, 0.25) is 5.91 Å². The van der Waals surface area contributed by atoms with Crippen LogP contribution in [0.1, 0.15) is 27.5 Å². The highest BCUT2D eigenvalue weighted by molar-refractivity contribution is 6.07. The Morgan fingerprint density at radius 2 is 1.34 bits per heavy atom. The van der Waals surface area contributed by atoms with Crippen LogP contribution in [0, 0.1) is 5.92 Å². The molecule has 2 heterocycles. The molecule has 3 atom stereocenters. The molecule has 0 aliphatic carbocycles. The van der Waals surface area contributed by atoms with Crippen LogP contribution in [0.15, 0.2) is 115 Å². The molecule has 2 fully saturated rings. The van der Waals surface area contributed by atoms with Crippen molar-refractivity contribution in [2.45, 2.75) is 18.7 Å². The molecule has 0 bridgehead atoms. The van der Waals surface area contributed by atoms with E-state index >= 15 is 0 Å². The zero-order valence-electron chi connectivity index (χ0n) is 20.3. The first-order chi connectivity index (χ1) is 18.6. The number of anilines is 1. The van der Waals surface area contributed by atoms with Gasteiger partial charge in [0.25, 0.3) is 5.91 Å². The minimum Gasteiger partial charge on any atom is -0.423 e. The van der Waals surface area contributed by atoms with Crippen LogP contribution in [-0.2, 0) is 21.0 Å². The largest absolute Gasteiger partial charge is 0.423 e. The lowest BCUT2D eigenvalue weighted by atomic mass is 9.90. The van der Waals surface area contributed by atoms with E-state index in [1.165, 1.54) is 4.90 Å². The van der Waals surface area contributed by atoms with Gasteiger partial charge >= 0.3 is 5.97 Å². The number of carbonyl (C=O) groups excluding carboxylic acids is 3. The maximum absolute atomic E-state index is 13.7. The van der Waals surface area contributed by atoms with Crippen LogP contribution in [0.5, 0.6) is 5.75 Å². The van der Waals surface area contributed by atoms with E-state index in [2.05, 4.69) is 0 Å². The van der Waals surface area contributed by atoms with Crippen molar-refractivity contribution in [3.8, 4) is 5.75 Å². The second-order valence-electron chi connectivity index (χ2n) is 9.23. The number of nitrogens with zero attached hydrogens (tertiary/aromatic N) is 2. The molecule has 2 amide bonds. The van der Waals surface area contributed by atoms with Crippen LogP contribution in [-0.4, -0.2) is 28.8 Å². The molecule has 188 valence electrons. The molecular weight excluding hydrogens is 480 g/mol. The third kappa shape index (κ3) is 4.33. The Morgan fingerprint density at radius 3 is 2.00 bits per heavy atom. The predicted octanol–water partition coefficient (Wildman–Crippen LogP) is 4.95. The number of ether oxygens (including phenoxy) is 1. The van der Waals surface area contributed by atoms with E-state index in [1.807, 2.05) is 66.7 Å². The summed E-state index contributed by atoms with van der Waals surface area (Å²) in [4.78, 5) is 47.0. The fraction of sp³-hybridized carbons (Fsp3) is 0.129. The number of fused-ring (bicyclic) bond motifs is 1. The zero-order chi connectivity index (χ0) is 26.1. The molecule has 2 aliphatic rings. The van der Waals surface area contributed by atoms with Gasteiger partial charge in [-0.25, -0.2) is 9.86 Å². The van der Waals surface area contributed by atoms with E-state index in [-0.39, 0.29) is 18.4 Å². The summed E-state index contributed by atoms with van der Waals surface area (Å²) in [5.74, 6) is -1.41. The zero-order valence-corrected chi connectivity index (χ0v) is 20.3. The molecule has 6 rings (SSSR count). The van der Waals surface area contributed by atoms with Gasteiger partial charge in [-0.15, -0.1) is 0 Å². The second-order valence-corrected chi connectivity index (χ2v) is 9.23. The van der Waals surface area contributed by atoms with E-state index in [4.69, 9.17) is 9.57 Å². The smallest absolute Gasteiger partial charge is 0.343 e. The number of hydrogen-bond acceptors (Lipinski definition) is 6. The summed E-state index contributed by atoms with van der Waals surface area (Å²) in [6, 6.07) is 34.0. The lowest BCUT2D eigenvalue weighted by Gasteiger charge is -2.28. The highest BCUT2D eigenvalue weighted by Crippen LogP contribution is 2.47. The molecule has 38 heavy (non-hydrogen) atoms. The Labute approximate surface area is 219 Å². The number of amides is 2. The molecule has 0 unspecified atom stereocenters. The molecule has 7 nitrogen and oxygen atoms in total. The lowest BCUT2D eigenvalue weighted by Crippen LogP contribution is -2.36. The highest BCUT2D eigenvalue weighted by atomic mass is 16.7. The normalized spacial score (nSPS) is 20.5. The van der Waals surface area contributed by atoms with Crippen molar-refractivity contribution in [1.29, 1.82) is 0 Å². The molecule has 0 spiro atoms. The Morgan fingerprint density at radius 1 is 0.737 bits per heavy atom. The Kier molecular flexibility index (Phi) is 6.19. The van der Waals surface area contributed by atoms with Crippen molar-refractivity contribution in [2.75, 3.05) is 5.06 Å². The van der Waals surface area contributed by atoms with E-state index < -0.39 is 24.0 Å². The van der Waals surface area contributed by atoms with Crippen LogP contribution < -0.4 is 9.80 Å². The number of hydrogen-bond donors (Lipinski definition) is 0. The second kappa shape index (κ2) is 9.95. The Bertz CT molecular complexity index is 1460. The van der Waals surface area contributed by atoms with Gasteiger partial charge in [-0.2, -0.15) is 0 Å². The van der Waals surface area contributed by atoms with Gasteiger partial charge in [-0.3, -0.25) is 19.3 Å². The monoisotopic (exact) mass is 504 g/mol. The standard InChI is InChI=1S/C31H24N2O5/c34-29-26-27(22-16-18-25(19-17-22)37-31(36)23-12-6-2-7-13-23)33(24-14-8-3-9-15-24)38-28(26)30(35)32(29)20-21-10-4-1-5-11-21/h1-19,26-28H,20H2/t26-,27-,28-/m1/s1. The summed E-state index contributed by atoms with van der Waals surface area (Å²) in [7, 11) is 0. The van der Waals surface area contributed by atoms with Gasteiger partial charge in [0, 0.05) is 0 Å². The molecule has 4 aromatic rings. The molecule has 0 N–H and O–H groups in total. The highest BCUT2D eigenvalue weighted by Gasteiger charge is 2.59. The van der Waals surface area contributed by atoms with Gasteiger partial charge in [0.05, 0.1) is 23.8 Å². The summed E-state index contributed by atoms with van der Waals surface area (Å²) in [6.07, 6.45) is -0.924. The minimum atomic E-state index is -0.924. The average Bonchev–Trinajstić information content (AvgIpc) is 3.47. The maximum atomic E-state index is 13.7. The van der Waals surface area contributed by atoms with E-state index in [1.54, 1.807) is 53.6 Å². The Hall–Kier alpha value is -4.75. The summed E-state index contributed by atoms with van der Waals surface area (Å²) < 4.78 is 5.52. The van der Waals surface area contributed by atoms with Gasteiger partial charge in [-0.05, 0) is 47.5 Å². The van der Waals surface area contributed by atoms with E-state index in [0.29, 0.717) is 11.3 Å². The summed E-state index contributed by atoms with van der Waals surface area (Å²) in [5.41, 5.74) is 2.83. The number of imide groups is 1. The van der Waals surface area contributed by atoms with Crippen LogP contribution in [0.3, 0.4) is 0 Å². The molecule has 0 radical (unpaired) electrons. The molecule has 2 aliphatic heterocycles. The van der Waals surface area contributed by atoms with Gasteiger partial charge in [0.1, 0.15) is 11.7 Å². The van der Waals surface area contributed by atoms with Gasteiger partial charge in [0.15, 0.2) is 6.10 Å². The summed E-state index contributed by atoms with van der Waals surface area (Å²) >= 11 is 0. The lowest BCUT2D eigenvalue weighted by molar-refractivity contribution is -0.143. The molecular formula is C31H24N2O5. The number of para-hydroxylation sites is 1. The third-order valence-corrected chi connectivity index (χ3v) is 6.84. The van der Waals surface area contributed by atoms with E-state index in [9.17, 15) is 14.4 Å². The van der Waals surface area contributed by atoms with Crippen molar-refractivity contribution >= 4 is 23.5 Å². The molecule has 0 saturated carbocycles. The quantitative estimate of drug-likeness (QED) is 0.210. The molecule has 2 saturated heterocycles. The number of hydroxylamine groups is 1.